The summed E-state index contributed by atoms with van der Waals surface area (Å²) in [5.41, 5.74) is 3.84. The van der Waals surface area contributed by atoms with Crippen molar-refractivity contribution in [1.29, 1.82) is 0 Å². The van der Waals surface area contributed by atoms with E-state index < -0.39 is 0 Å². The molecule has 4 rings (SSSR count). The van der Waals surface area contributed by atoms with Crippen LogP contribution < -0.4 is 10.6 Å². The van der Waals surface area contributed by atoms with Crippen LogP contribution in [0.25, 0.3) is 17.2 Å². The molecule has 0 aliphatic heterocycles. The average Bonchev–Trinajstić information content (AvgIpc) is 3.16. The van der Waals surface area contributed by atoms with Crippen LogP contribution in [0.15, 0.2) is 54.9 Å². The van der Waals surface area contributed by atoms with Gasteiger partial charge in [0.2, 0.25) is 5.91 Å². The first kappa shape index (κ1) is 18.5. The van der Waals surface area contributed by atoms with Crippen molar-refractivity contribution in [3.63, 3.8) is 0 Å². The number of aryl methyl sites for hydroxylation is 2. The lowest BCUT2D eigenvalue weighted by Gasteiger charge is -2.09. The fourth-order valence-corrected chi connectivity index (χ4v) is 2.87. The number of nitrogens with one attached hydrogen (secondary N) is 2. The molecule has 146 valence electrons. The minimum absolute atomic E-state index is 0.110. The van der Waals surface area contributed by atoms with Gasteiger partial charge in [0.25, 0.3) is 5.78 Å². The van der Waals surface area contributed by atoms with Crippen LogP contribution in [-0.2, 0) is 11.3 Å². The van der Waals surface area contributed by atoms with Crippen LogP contribution >= 0.6 is 0 Å². The Balaban J connectivity index is 1.46. The first-order valence-corrected chi connectivity index (χ1v) is 9.29. The van der Waals surface area contributed by atoms with Crippen molar-refractivity contribution in [2.24, 2.45) is 0 Å². The Kier molecular flexibility index (Phi) is 5.15. The summed E-state index contributed by atoms with van der Waals surface area (Å²) in [6, 6.07) is 13.6. The van der Waals surface area contributed by atoms with Crippen LogP contribution in [0.5, 0.6) is 0 Å². The van der Waals surface area contributed by atoms with Crippen molar-refractivity contribution in [2.75, 3.05) is 11.9 Å². The molecule has 0 aliphatic carbocycles. The highest BCUT2D eigenvalue weighted by atomic mass is 16.1. The van der Waals surface area contributed by atoms with E-state index >= 15 is 0 Å². The van der Waals surface area contributed by atoms with Crippen molar-refractivity contribution in [3.8, 4) is 11.4 Å². The van der Waals surface area contributed by atoms with Gasteiger partial charge in [-0.25, -0.2) is 4.98 Å². The molecule has 0 atom stereocenters. The molecule has 8 heteroatoms. The zero-order valence-corrected chi connectivity index (χ0v) is 16.3. The Morgan fingerprint density at radius 1 is 1.10 bits per heavy atom. The average molecular weight is 387 g/mol. The molecule has 0 radical (unpaired) electrons. The molecule has 0 fully saturated rings. The second-order valence-corrected chi connectivity index (χ2v) is 6.79. The van der Waals surface area contributed by atoms with Gasteiger partial charge in [-0.15, -0.1) is 5.10 Å². The van der Waals surface area contributed by atoms with Crippen LogP contribution in [-0.4, -0.2) is 37.0 Å². The highest BCUT2D eigenvalue weighted by Gasteiger charge is 2.12. The minimum Gasteiger partial charge on any atom is -0.361 e. The van der Waals surface area contributed by atoms with Crippen molar-refractivity contribution in [3.05, 3.63) is 71.7 Å². The van der Waals surface area contributed by atoms with Gasteiger partial charge in [0.15, 0.2) is 5.82 Å². The van der Waals surface area contributed by atoms with Crippen molar-refractivity contribution in [1.82, 2.24) is 29.9 Å². The van der Waals surface area contributed by atoms with E-state index in [2.05, 4.69) is 30.7 Å². The summed E-state index contributed by atoms with van der Waals surface area (Å²) >= 11 is 0. The quantitative estimate of drug-likeness (QED) is 0.528. The summed E-state index contributed by atoms with van der Waals surface area (Å²) in [5.74, 6) is 1.54. The third-order valence-corrected chi connectivity index (χ3v) is 4.40. The summed E-state index contributed by atoms with van der Waals surface area (Å²) < 4.78 is 1.60. The lowest BCUT2D eigenvalue weighted by atomic mass is 10.1. The molecular formula is C21H21N7O. The number of benzene rings is 1. The number of rotatable bonds is 6. The summed E-state index contributed by atoms with van der Waals surface area (Å²) in [4.78, 5) is 25.3. The molecular weight excluding hydrogens is 366 g/mol. The fraction of sp³-hybridized carbons (Fsp3) is 0.190. The molecule has 4 aromatic rings. The molecule has 1 amide bonds. The molecule has 3 aromatic heterocycles. The first-order chi connectivity index (χ1) is 14.1. The van der Waals surface area contributed by atoms with E-state index in [0.29, 0.717) is 24.0 Å². The van der Waals surface area contributed by atoms with E-state index in [9.17, 15) is 4.79 Å². The van der Waals surface area contributed by atoms with Crippen LogP contribution in [0.1, 0.15) is 16.8 Å². The maximum atomic E-state index is 12.3. The summed E-state index contributed by atoms with van der Waals surface area (Å²) in [5, 5.41) is 10.6. The first-order valence-electron chi connectivity index (χ1n) is 9.29. The molecule has 0 saturated heterocycles. The number of hydrogen-bond donors (Lipinski definition) is 2. The summed E-state index contributed by atoms with van der Waals surface area (Å²) in [7, 11) is 0. The van der Waals surface area contributed by atoms with Gasteiger partial charge in [0, 0.05) is 36.3 Å². The molecule has 1 aromatic carbocycles. The number of carbonyl (C=O) groups excluding carboxylic acids is 1. The third kappa shape index (κ3) is 4.37. The predicted molar refractivity (Wildman–Crippen MR) is 110 cm³/mol. The molecule has 0 spiro atoms. The number of pyridine rings is 1. The Labute approximate surface area is 168 Å². The van der Waals surface area contributed by atoms with Gasteiger partial charge < -0.3 is 10.6 Å². The van der Waals surface area contributed by atoms with E-state index in [4.69, 9.17) is 0 Å². The monoisotopic (exact) mass is 387 g/mol. The SMILES string of the molecule is Cc1ccc(CNC(=O)CNc2cc(C)nc3nc(-c4cccnc4)nn23)cc1. The van der Waals surface area contributed by atoms with Gasteiger partial charge in [-0.1, -0.05) is 29.8 Å². The second-order valence-electron chi connectivity index (χ2n) is 6.79. The van der Waals surface area contributed by atoms with Crippen LogP contribution in [0.4, 0.5) is 5.82 Å². The maximum absolute atomic E-state index is 12.3. The molecule has 0 saturated carbocycles. The van der Waals surface area contributed by atoms with Crippen molar-refractivity contribution in [2.45, 2.75) is 20.4 Å². The van der Waals surface area contributed by atoms with Crippen LogP contribution in [0.3, 0.4) is 0 Å². The molecule has 29 heavy (non-hydrogen) atoms. The van der Waals surface area contributed by atoms with E-state index in [0.717, 1.165) is 16.8 Å². The Morgan fingerprint density at radius 2 is 1.93 bits per heavy atom. The number of hydrogen-bond acceptors (Lipinski definition) is 6. The van der Waals surface area contributed by atoms with Gasteiger partial charge >= 0.3 is 0 Å². The van der Waals surface area contributed by atoms with Crippen LogP contribution in [0, 0.1) is 13.8 Å². The zero-order chi connectivity index (χ0) is 20.2. The van der Waals surface area contributed by atoms with Gasteiger partial charge in [-0.05, 0) is 31.5 Å². The highest BCUT2D eigenvalue weighted by molar-refractivity contribution is 5.80. The molecule has 8 nitrogen and oxygen atoms in total. The fourth-order valence-electron chi connectivity index (χ4n) is 2.87. The molecule has 0 bridgehead atoms. The largest absolute Gasteiger partial charge is 0.361 e. The number of carbonyl (C=O) groups is 1. The van der Waals surface area contributed by atoms with E-state index in [1.165, 1.54) is 5.56 Å². The van der Waals surface area contributed by atoms with E-state index in [1.807, 2.05) is 56.3 Å². The number of nitrogens with zero attached hydrogens (tertiary/aromatic N) is 5. The lowest BCUT2D eigenvalue weighted by molar-refractivity contribution is -0.119. The number of aromatic nitrogens is 5. The predicted octanol–water partition coefficient (Wildman–Crippen LogP) is 2.53. The van der Waals surface area contributed by atoms with E-state index in [1.54, 1.807) is 16.9 Å². The lowest BCUT2D eigenvalue weighted by Crippen LogP contribution is -2.30. The number of fused-ring (bicyclic) bond motifs is 1. The normalized spacial score (nSPS) is 10.8. The molecule has 2 N–H and O–H groups in total. The highest BCUT2D eigenvalue weighted by Crippen LogP contribution is 2.17. The smallest absolute Gasteiger partial charge is 0.254 e. The van der Waals surface area contributed by atoms with Gasteiger partial charge in [-0.2, -0.15) is 9.50 Å². The standard InChI is InChI=1S/C21H21N7O/c1-14-5-7-16(8-6-14)11-24-19(29)13-23-18-10-15(2)25-21-26-20(27-28(18)21)17-4-3-9-22-12-17/h3-10,12,23H,11,13H2,1-2H3,(H,24,29). The topological polar surface area (TPSA) is 97.1 Å². The third-order valence-electron chi connectivity index (χ3n) is 4.40. The summed E-state index contributed by atoms with van der Waals surface area (Å²) in [6.45, 7) is 4.52. The van der Waals surface area contributed by atoms with Gasteiger partial charge in [0.1, 0.15) is 5.82 Å². The zero-order valence-electron chi connectivity index (χ0n) is 16.3. The van der Waals surface area contributed by atoms with Crippen molar-refractivity contribution < 1.29 is 4.79 Å². The van der Waals surface area contributed by atoms with Crippen LogP contribution in [0.2, 0.25) is 0 Å². The van der Waals surface area contributed by atoms with Gasteiger partial charge in [0.05, 0.1) is 6.54 Å². The summed E-state index contributed by atoms with van der Waals surface area (Å²) in [6.07, 6.45) is 3.40. The minimum atomic E-state index is -0.110. The van der Waals surface area contributed by atoms with Crippen molar-refractivity contribution >= 4 is 17.5 Å². The van der Waals surface area contributed by atoms with E-state index in [-0.39, 0.29) is 12.5 Å². The molecule has 0 unspecified atom stereocenters. The van der Waals surface area contributed by atoms with Gasteiger partial charge in [-0.3, -0.25) is 9.78 Å². The Hall–Kier alpha value is -3.81. The number of anilines is 1. The Morgan fingerprint density at radius 3 is 2.69 bits per heavy atom. The second kappa shape index (κ2) is 8.05. The molecule has 0 aliphatic rings. The molecule has 3 heterocycles. The Bertz CT molecular complexity index is 1140. The number of amides is 1. The maximum Gasteiger partial charge on any atom is 0.254 e.